The molecule has 1 aliphatic heterocycles. The summed E-state index contributed by atoms with van der Waals surface area (Å²) in [6.07, 6.45) is 3.68. The number of pyridine rings is 2. The first kappa shape index (κ1) is 31.6. The minimum Gasteiger partial charge on any atom is -0.493 e. The molecule has 2 fully saturated rings. The van der Waals surface area contributed by atoms with Crippen molar-refractivity contribution in [2.75, 3.05) is 30.3 Å². The zero-order valence-corrected chi connectivity index (χ0v) is 25.1. The van der Waals surface area contributed by atoms with Gasteiger partial charge in [0.05, 0.1) is 18.4 Å². The van der Waals surface area contributed by atoms with Crippen LogP contribution in [0.4, 0.5) is 29.5 Å². The molecular weight excluding hydrogens is 619 g/mol. The number of rotatable bonds is 8. The van der Waals surface area contributed by atoms with Gasteiger partial charge in [0, 0.05) is 49.4 Å². The predicted molar refractivity (Wildman–Crippen MR) is 165 cm³/mol. The van der Waals surface area contributed by atoms with Crippen LogP contribution < -0.4 is 25.7 Å². The Morgan fingerprint density at radius 1 is 0.957 bits per heavy atom. The summed E-state index contributed by atoms with van der Waals surface area (Å²) in [4.78, 5) is 45.1. The summed E-state index contributed by atoms with van der Waals surface area (Å²) in [5.41, 5.74) is -1.60. The van der Waals surface area contributed by atoms with Crippen molar-refractivity contribution in [3.05, 3.63) is 100 Å². The number of fused-ring (bicyclic) bond motifs is 1. The monoisotopic (exact) mass is 649 g/mol. The van der Waals surface area contributed by atoms with E-state index in [1.165, 1.54) is 42.7 Å². The first-order valence-corrected chi connectivity index (χ1v) is 14.9. The Kier molecular flexibility index (Phi) is 8.85. The van der Waals surface area contributed by atoms with E-state index in [1.807, 2.05) is 0 Å². The summed E-state index contributed by atoms with van der Waals surface area (Å²) in [5.74, 6) is -3.57. The number of halogens is 3. The number of amides is 3. The van der Waals surface area contributed by atoms with Crippen molar-refractivity contribution in [2.45, 2.75) is 25.9 Å². The van der Waals surface area contributed by atoms with Crippen LogP contribution in [0.15, 0.2) is 71.8 Å². The number of carbonyl (C=O) groups excluding carboxylic acids is 2. The number of nitrogens with one attached hydrogen (secondary N) is 2. The van der Waals surface area contributed by atoms with Crippen molar-refractivity contribution < 1.29 is 37.3 Å². The molecule has 47 heavy (non-hydrogen) atoms. The second-order valence-corrected chi connectivity index (χ2v) is 11.3. The molecule has 3 heterocycles. The van der Waals surface area contributed by atoms with E-state index in [2.05, 4.69) is 15.6 Å². The molecule has 0 radical (unpaired) electrons. The Bertz CT molecular complexity index is 1870. The third-order valence-electron chi connectivity index (χ3n) is 8.16. The van der Waals surface area contributed by atoms with Gasteiger partial charge in [-0.3, -0.25) is 19.5 Å². The van der Waals surface area contributed by atoms with Gasteiger partial charge in [-0.25, -0.2) is 22.9 Å². The van der Waals surface area contributed by atoms with Crippen molar-refractivity contribution in [1.82, 2.24) is 14.5 Å². The maximum atomic E-state index is 15.2. The molecule has 1 saturated carbocycles. The molecule has 0 bridgehead atoms. The summed E-state index contributed by atoms with van der Waals surface area (Å²) in [6.45, 7) is 2.81. The molecule has 11 nitrogen and oxygen atoms in total. The number of hydrogen-bond acceptors (Lipinski definition) is 7. The van der Waals surface area contributed by atoms with Crippen molar-refractivity contribution in [1.29, 1.82) is 0 Å². The maximum Gasteiger partial charge on any atom is 0.323 e. The summed E-state index contributed by atoms with van der Waals surface area (Å²) in [7, 11) is 0. The Labute approximate surface area is 266 Å². The lowest BCUT2D eigenvalue weighted by Crippen LogP contribution is -2.34. The first-order valence-electron chi connectivity index (χ1n) is 14.9. The molecule has 244 valence electrons. The van der Waals surface area contributed by atoms with Crippen LogP contribution in [0, 0.1) is 29.3 Å². The largest absolute Gasteiger partial charge is 0.493 e. The Morgan fingerprint density at radius 3 is 2.38 bits per heavy atom. The van der Waals surface area contributed by atoms with E-state index in [-0.39, 0.29) is 53.6 Å². The van der Waals surface area contributed by atoms with Crippen molar-refractivity contribution in [3.8, 4) is 22.9 Å². The summed E-state index contributed by atoms with van der Waals surface area (Å²) in [6, 6.07) is 10.1. The lowest BCUT2D eigenvalue weighted by molar-refractivity contribution is 0.102. The fraction of sp³-hybridized carbons (Fsp3) is 0.273. The highest BCUT2D eigenvalue weighted by molar-refractivity contribution is 6.06. The minimum absolute atomic E-state index is 0.0544. The SMILES string of the molecule is CCOc1ccn(-c2ccc(F)cc2)c(=O)c1C(=O)Nc1cc(F)c(Oc2ccnc(NC(=O)N3C[C@H]4CC(O)C[C@H]4C3)c2)cc1F. The standard InChI is InChI=1S/C33H30F3N5O6/c1-2-46-27-8-10-41(21-5-3-20(34)4-6-21)32(44)30(27)31(43)38-26-14-25(36)28(15-24(26)35)47-23-7-9-37-29(13-23)39-33(45)40-16-18-11-22(42)12-19(18)17-40/h3-10,13-15,18-19,22,42H,2,11-12,16-17H2,1H3,(H,38,43)(H,37,39,45)/t18-,19+,22?. The van der Waals surface area contributed by atoms with Crippen LogP contribution in [-0.4, -0.2) is 57.3 Å². The lowest BCUT2D eigenvalue weighted by atomic mass is 10.0. The Balaban J connectivity index is 1.16. The van der Waals surface area contributed by atoms with Gasteiger partial charge in [-0.05, 0) is 68.0 Å². The highest BCUT2D eigenvalue weighted by Gasteiger charge is 2.41. The fourth-order valence-corrected chi connectivity index (χ4v) is 5.99. The first-order chi connectivity index (χ1) is 22.6. The van der Waals surface area contributed by atoms with Crippen LogP contribution in [0.2, 0.25) is 0 Å². The van der Waals surface area contributed by atoms with Gasteiger partial charge >= 0.3 is 6.03 Å². The van der Waals surface area contributed by atoms with Gasteiger partial charge in [-0.1, -0.05) is 0 Å². The van der Waals surface area contributed by atoms with Gasteiger partial charge in [0.2, 0.25) is 0 Å². The number of urea groups is 1. The Morgan fingerprint density at radius 2 is 1.68 bits per heavy atom. The molecule has 14 heteroatoms. The van der Waals surface area contributed by atoms with E-state index in [1.54, 1.807) is 11.8 Å². The fourth-order valence-electron chi connectivity index (χ4n) is 5.99. The third kappa shape index (κ3) is 6.77. The molecular formula is C33H30F3N5O6. The number of carbonyl (C=O) groups is 2. The molecule has 0 spiro atoms. The molecule has 6 rings (SSSR count). The van der Waals surface area contributed by atoms with E-state index >= 15 is 8.78 Å². The summed E-state index contributed by atoms with van der Waals surface area (Å²) >= 11 is 0. The van der Waals surface area contributed by atoms with Gasteiger partial charge in [-0.15, -0.1) is 0 Å². The molecule has 3 atom stereocenters. The number of likely N-dealkylation sites (tertiary alicyclic amines) is 1. The van der Waals surface area contributed by atoms with Crippen molar-refractivity contribution >= 4 is 23.4 Å². The third-order valence-corrected chi connectivity index (χ3v) is 8.16. The number of nitrogens with zero attached hydrogens (tertiary/aromatic N) is 3. The van der Waals surface area contributed by atoms with Crippen molar-refractivity contribution in [2.24, 2.45) is 11.8 Å². The normalized spacial score (nSPS) is 18.5. The number of aliphatic hydroxyl groups excluding tert-OH is 1. The lowest BCUT2D eigenvalue weighted by Gasteiger charge is -2.18. The number of hydrogen-bond donors (Lipinski definition) is 3. The highest BCUT2D eigenvalue weighted by Crippen LogP contribution is 2.38. The van der Waals surface area contributed by atoms with E-state index in [9.17, 15) is 23.9 Å². The minimum atomic E-state index is -1.06. The number of ether oxygens (including phenoxy) is 2. The summed E-state index contributed by atoms with van der Waals surface area (Å²) < 4.78 is 55.8. The van der Waals surface area contributed by atoms with Crippen LogP contribution in [0.3, 0.4) is 0 Å². The number of anilines is 2. The summed E-state index contributed by atoms with van der Waals surface area (Å²) in [5, 5.41) is 14.7. The number of aliphatic hydroxyl groups is 1. The van der Waals surface area contributed by atoms with Crippen LogP contribution in [0.5, 0.6) is 17.2 Å². The average Bonchev–Trinajstić information content (AvgIpc) is 3.58. The van der Waals surface area contributed by atoms with E-state index in [0.29, 0.717) is 32.0 Å². The molecule has 1 unspecified atom stereocenters. The van der Waals surface area contributed by atoms with E-state index < -0.39 is 45.9 Å². The molecule has 1 saturated heterocycles. The average molecular weight is 650 g/mol. The Hall–Kier alpha value is -5.37. The number of aromatic nitrogens is 2. The van der Waals surface area contributed by atoms with Gasteiger partial charge in [0.15, 0.2) is 17.4 Å². The number of benzene rings is 2. The van der Waals surface area contributed by atoms with Crippen LogP contribution in [0.25, 0.3) is 5.69 Å². The molecule has 2 aromatic carbocycles. The van der Waals surface area contributed by atoms with Crippen molar-refractivity contribution in [3.63, 3.8) is 0 Å². The van der Waals surface area contributed by atoms with Crippen LogP contribution in [-0.2, 0) is 0 Å². The quantitative estimate of drug-likeness (QED) is 0.235. The zero-order valence-electron chi connectivity index (χ0n) is 25.1. The van der Waals surface area contributed by atoms with Gasteiger partial charge in [-0.2, -0.15) is 0 Å². The van der Waals surface area contributed by atoms with Gasteiger partial charge < -0.3 is 24.8 Å². The molecule has 2 aromatic heterocycles. The highest BCUT2D eigenvalue weighted by atomic mass is 19.1. The molecule has 1 aliphatic carbocycles. The zero-order chi connectivity index (χ0) is 33.2. The van der Waals surface area contributed by atoms with Crippen LogP contribution in [0.1, 0.15) is 30.1 Å². The molecule has 2 aliphatic rings. The van der Waals surface area contributed by atoms with Gasteiger partial charge in [0.1, 0.15) is 28.7 Å². The van der Waals surface area contributed by atoms with E-state index in [0.717, 1.165) is 22.8 Å². The topological polar surface area (TPSA) is 135 Å². The van der Waals surface area contributed by atoms with Gasteiger partial charge in [0.25, 0.3) is 11.5 Å². The molecule has 3 amide bonds. The molecule has 3 N–H and O–H groups in total. The second-order valence-electron chi connectivity index (χ2n) is 11.3. The molecule has 4 aromatic rings. The predicted octanol–water partition coefficient (Wildman–Crippen LogP) is 5.33. The smallest absolute Gasteiger partial charge is 0.323 e. The second kappa shape index (κ2) is 13.2. The maximum absolute atomic E-state index is 15.2. The van der Waals surface area contributed by atoms with E-state index in [4.69, 9.17) is 9.47 Å². The van der Waals surface area contributed by atoms with Crippen LogP contribution >= 0.6 is 0 Å².